The first-order valence-electron chi connectivity index (χ1n) is 7.16. The minimum atomic E-state index is -1.09. The summed E-state index contributed by atoms with van der Waals surface area (Å²) in [7, 11) is 1.59. The average Bonchev–Trinajstić information content (AvgIpc) is 2.85. The van der Waals surface area contributed by atoms with Crippen LogP contribution in [0.1, 0.15) is 12.1 Å². The van der Waals surface area contributed by atoms with Crippen LogP contribution in [0.3, 0.4) is 0 Å². The molecule has 3 rings (SSSR count). The summed E-state index contributed by atoms with van der Waals surface area (Å²) in [6, 6.07) is 4.48. The average molecular weight is 329 g/mol. The van der Waals surface area contributed by atoms with Gasteiger partial charge in [-0.15, -0.1) is 0 Å². The number of carbonyl (C=O) groups is 2. The summed E-state index contributed by atoms with van der Waals surface area (Å²) in [5.41, 5.74) is 1.44. The zero-order chi connectivity index (χ0) is 17.3. The Bertz CT molecular complexity index is 864. The fraction of sp³-hybridized carbons (Fsp3) is 0.267. The van der Waals surface area contributed by atoms with E-state index in [-0.39, 0.29) is 18.3 Å². The van der Waals surface area contributed by atoms with Crippen molar-refractivity contribution >= 4 is 34.7 Å². The van der Waals surface area contributed by atoms with Gasteiger partial charge in [-0.2, -0.15) is 0 Å². The lowest BCUT2D eigenvalue weighted by Crippen LogP contribution is -2.33. The molecule has 0 saturated heterocycles. The maximum Gasteiger partial charge on any atom is 0.306 e. The Kier molecular flexibility index (Phi) is 3.98. The number of hydrogen-bond acceptors (Lipinski definition) is 7. The first kappa shape index (κ1) is 15.7. The largest absolute Gasteiger partial charge is 0.497 e. The molecule has 0 saturated carbocycles. The maximum absolute atomic E-state index is 11.7. The Balaban J connectivity index is 1.86. The van der Waals surface area contributed by atoms with Gasteiger partial charge in [-0.05, 0) is 25.1 Å². The van der Waals surface area contributed by atoms with Crippen LogP contribution >= 0.6 is 0 Å². The van der Waals surface area contributed by atoms with Crippen molar-refractivity contribution in [1.29, 1.82) is 0 Å². The fourth-order valence-corrected chi connectivity index (χ4v) is 2.36. The maximum atomic E-state index is 11.7. The molecule has 0 spiro atoms. The number of hydrogen-bond donors (Lipinski definition) is 3. The van der Waals surface area contributed by atoms with Crippen molar-refractivity contribution < 1.29 is 19.4 Å². The second-order valence-corrected chi connectivity index (χ2v) is 5.22. The number of fused-ring (bicyclic) bond motifs is 1. The molecule has 0 unspecified atom stereocenters. The number of carbonyl (C=O) groups excluding carboxylic acids is 1. The predicted molar refractivity (Wildman–Crippen MR) is 86.1 cm³/mol. The first-order valence-corrected chi connectivity index (χ1v) is 7.16. The van der Waals surface area contributed by atoms with Crippen LogP contribution in [0.2, 0.25) is 0 Å². The molecule has 1 aromatic heterocycles. The third kappa shape index (κ3) is 3.09. The SMILES string of the molecule is COc1ccc2nc(NC3=N[C@H](CC(=O)O)C(=O)N3)nc(C)c2c1. The number of guanidine groups is 1. The van der Waals surface area contributed by atoms with Crippen LogP contribution < -0.4 is 15.4 Å². The Hall–Kier alpha value is -3.23. The van der Waals surface area contributed by atoms with E-state index in [0.29, 0.717) is 11.3 Å². The van der Waals surface area contributed by atoms with Crippen molar-refractivity contribution in [3.63, 3.8) is 0 Å². The Labute approximate surface area is 136 Å². The van der Waals surface area contributed by atoms with Crippen LogP contribution in [-0.2, 0) is 9.59 Å². The van der Waals surface area contributed by atoms with E-state index < -0.39 is 17.9 Å². The number of carboxylic acid groups (broad SMARTS) is 1. The van der Waals surface area contributed by atoms with E-state index >= 15 is 0 Å². The molecule has 0 bridgehead atoms. The molecular weight excluding hydrogens is 314 g/mol. The number of aliphatic carboxylic acids is 1. The van der Waals surface area contributed by atoms with Gasteiger partial charge in [0.05, 0.1) is 24.7 Å². The zero-order valence-electron chi connectivity index (χ0n) is 13.0. The Morgan fingerprint density at radius 1 is 1.42 bits per heavy atom. The Morgan fingerprint density at radius 3 is 2.92 bits per heavy atom. The summed E-state index contributed by atoms with van der Waals surface area (Å²) in [6.07, 6.45) is -0.367. The molecule has 1 atom stereocenters. The van der Waals surface area contributed by atoms with E-state index in [9.17, 15) is 9.59 Å². The van der Waals surface area contributed by atoms with Crippen LogP contribution in [0.15, 0.2) is 23.2 Å². The number of aromatic nitrogens is 2. The molecule has 9 nitrogen and oxygen atoms in total. The topological polar surface area (TPSA) is 126 Å². The number of rotatable bonds is 4. The number of amides is 1. The lowest BCUT2D eigenvalue weighted by molar-refractivity contribution is -0.139. The van der Waals surface area contributed by atoms with Crippen LogP contribution in [0.5, 0.6) is 5.75 Å². The lowest BCUT2D eigenvalue weighted by Gasteiger charge is -2.08. The molecule has 3 N–H and O–H groups in total. The van der Waals surface area contributed by atoms with E-state index in [4.69, 9.17) is 9.84 Å². The second-order valence-electron chi connectivity index (χ2n) is 5.22. The third-order valence-corrected chi connectivity index (χ3v) is 3.52. The van der Waals surface area contributed by atoms with E-state index in [2.05, 4.69) is 25.6 Å². The standard InChI is InChI=1S/C15H15N5O4/c1-7-9-5-8(24-2)3-4-10(9)17-14(16-7)20-15-18-11(6-12(21)22)13(23)19-15/h3-5,11H,6H2,1-2H3,(H,21,22)(H2,16,17,18,19,20,23)/t11-/m1/s1. The molecule has 1 amide bonds. The molecule has 0 fully saturated rings. The molecule has 0 radical (unpaired) electrons. The fourth-order valence-electron chi connectivity index (χ4n) is 2.36. The molecule has 1 aromatic carbocycles. The number of aryl methyl sites for hydroxylation is 1. The minimum Gasteiger partial charge on any atom is -0.497 e. The molecule has 2 aromatic rings. The Morgan fingerprint density at radius 2 is 2.21 bits per heavy atom. The van der Waals surface area contributed by atoms with Crippen molar-refractivity contribution in [1.82, 2.24) is 15.3 Å². The van der Waals surface area contributed by atoms with Crippen LogP contribution in [0, 0.1) is 6.92 Å². The summed E-state index contributed by atoms with van der Waals surface area (Å²) in [5, 5.41) is 14.9. The molecule has 24 heavy (non-hydrogen) atoms. The van der Waals surface area contributed by atoms with E-state index in [1.807, 2.05) is 13.0 Å². The molecule has 2 heterocycles. The molecule has 0 aliphatic carbocycles. The van der Waals surface area contributed by atoms with Gasteiger partial charge in [-0.3, -0.25) is 20.2 Å². The highest BCUT2D eigenvalue weighted by molar-refractivity contribution is 6.10. The molecule has 1 aliphatic rings. The van der Waals surface area contributed by atoms with Crippen molar-refractivity contribution in [3.05, 3.63) is 23.9 Å². The van der Waals surface area contributed by atoms with E-state index in [1.165, 1.54) is 0 Å². The summed E-state index contributed by atoms with van der Waals surface area (Å²) < 4.78 is 5.18. The predicted octanol–water partition coefficient (Wildman–Crippen LogP) is 0.688. The van der Waals surface area contributed by atoms with Crippen molar-refractivity contribution in [3.8, 4) is 5.75 Å². The first-order chi connectivity index (χ1) is 11.5. The molecule has 124 valence electrons. The lowest BCUT2D eigenvalue weighted by atomic mass is 10.2. The number of ether oxygens (including phenoxy) is 1. The van der Waals surface area contributed by atoms with E-state index in [0.717, 1.165) is 11.1 Å². The number of nitrogens with one attached hydrogen (secondary N) is 2. The highest BCUT2D eigenvalue weighted by Gasteiger charge is 2.28. The summed E-state index contributed by atoms with van der Waals surface area (Å²) in [6.45, 7) is 1.83. The number of benzene rings is 1. The van der Waals surface area contributed by atoms with Gasteiger partial charge in [0.1, 0.15) is 11.8 Å². The van der Waals surface area contributed by atoms with Gasteiger partial charge in [0, 0.05) is 5.39 Å². The van der Waals surface area contributed by atoms with Gasteiger partial charge >= 0.3 is 5.97 Å². The molecule has 1 aliphatic heterocycles. The molecular formula is C15H15N5O4. The van der Waals surface area contributed by atoms with E-state index in [1.54, 1.807) is 19.2 Å². The summed E-state index contributed by atoms with van der Waals surface area (Å²) in [4.78, 5) is 35.1. The number of aliphatic imine (C=N–C) groups is 1. The van der Waals surface area contributed by atoms with Crippen molar-refractivity contribution in [2.45, 2.75) is 19.4 Å². The van der Waals surface area contributed by atoms with Gasteiger partial charge in [0.2, 0.25) is 11.9 Å². The number of anilines is 1. The normalized spacial score (nSPS) is 16.7. The smallest absolute Gasteiger partial charge is 0.306 e. The zero-order valence-corrected chi connectivity index (χ0v) is 13.0. The van der Waals surface area contributed by atoms with Crippen molar-refractivity contribution in [2.24, 2.45) is 4.99 Å². The van der Waals surface area contributed by atoms with Gasteiger partial charge in [0.25, 0.3) is 5.91 Å². The third-order valence-electron chi connectivity index (χ3n) is 3.52. The summed E-state index contributed by atoms with van der Waals surface area (Å²) >= 11 is 0. The van der Waals surface area contributed by atoms with Gasteiger partial charge in [0.15, 0.2) is 0 Å². The van der Waals surface area contributed by atoms with Crippen LogP contribution in [0.25, 0.3) is 10.9 Å². The quantitative estimate of drug-likeness (QED) is 0.753. The number of carboxylic acids is 1. The number of nitrogens with zero attached hydrogens (tertiary/aromatic N) is 3. The highest BCUT2D eigenvalue weighted by atomic mass is 16.5. The van der Waals surface area contributed by atoms with Crippen LogP contribution in [-0.4, -0.2) is 46.1 Å². The number of methoxy groups -OCH3 is 1. The second kappa shape index (κ2) is 6.11. The minimum absolute atomic E-state index is 0.138. The monoisotopic (exact) mass is 329 g/mol. The van der Waals surface area contributed by atoms with Crippen molar-refractivity contribution in [2.75, 3.05) is 12.4 Å². The summed E-state index contributed by atoms with van der Waals surface area (Å²) in [5.74, 6) is -0.452. The highest BCUT2D eigenvalue weighted by Crippen LogP contribution is 2.22. The van der Waals surface area contributed by atoms with Gasteiger partial charge < -0.3 is 9.84 Å². The van der Waals surface area contributed by atoms with Gasteiger partial charge in [-0.1, -0.05) is 0 Å². The molecule has 9 heteroatoms. The van der Waals surface area contributed by atoms with Gasteiger partial charge in [-0.25, -0.2) is 15.0 Å². The van der Waals surface area contributed by atoms with Crippen LogP contribution in [0.4, 0.5) is 5.95 Å².